The van der Waals surface area contributed by atoms with E-state index in [1.807, 2.05) is 0 Å². The van der Waals surface area contributed by atoms with Gasteiger partial charge in [0.2, 0.25) is 5.16 Å². The molecule has 3 aromatic rings. The molecule has 1 heterocycles. The first-order chi connectivity index (χ1) is 11.7. The number of halogens is 1. The third-order valence-corrected chi connectivity index (χ3v) is 4.18. The first-order valence-electron chi connectivity index (χ1n) is 7.15. The average Bonchev–Trinajstić information content (AvgIpc) is 3.08. The Bertz CT molecular complexity index is 866. The van der Waals surface area contributed by atoms with Gasteiger partial charge in [0.1, 0.15) is 11.6 Å². The predicted molar refractivity (Wildman–Crippen MR) is 89.8 cm³/mol. The Hall–Kier alpha value is -2.67. The molecule has 122 valence electrons. The Balaban J connectivity index is 1.70. The molecule has 0 aliphatic carbocycles. The number of carbonyl (C=O) groups is 1. The van der Waals surface area contributed by atoms with Crippen molar-refractivity contribution in [3.05, 3.63) is 59.9 Å². The van der Waals surface area contributed by atoms with Crippen molar-refractivity contribution in [1.82, 2.24) is 15.2 Å². The van der Waals surface area contributed by atoms with Gasteiger partial charge >= 0.3 is 0 Å². The fourth-order valence-electron chi connectivity index (χ4n) is 2.17. The molecule has 3 rings (SSSR count). The highest BCUT2D eigenvalue weighted by Crippen LogP contribution is 2.24. The number of carbonyl (C=O) groups excluding carboxylic acids is 1. The molecule has 0 radical (unpaired) electrons. The molecule has 5 nitrogen and oxygen atoms in total. The van der Waals surface area contributed by atoms with Crippen LogP contribution in [0, 0.1) is 5.82 Å². The number of thioether (sulfide) groups is 1. The second kappa shape index (κ2) is 7.27. The number of H-pyrrole nitrogens is 1. The molecule has 0 aliphatic heterocycles. The Labute approximate surface area is 142 Å². The minimum absolute atomic E-state index is 0.0882. The number of methoxy groups -OCH3 is 1. The van der Waals surface area contributed by atoms with Crippen LogP contribution in [0.4, 0.5) is 4.39 Å². The van der Waals surface area contributed by atoms with Crippen molar-refractivity contribution in [2.75, 3.05) is 12.9 Å². The number of Topliss-reactive ketones (excluding diaryl/α,β-unsaturated/α-hetero) is 1. The van der Waals surface area contributed by atoms with E-state index in [-0.39, 0.29) is 17.4 Å². The molecule has 7 heteroatoms. The maximum atomic E-state index is 13.7. The van der Waals surface area contributed by atoms with Crippen molar-refractivity contribution in [1.29, 1.82) is 0 Å². The van der Waals surface area contributed by atoms with E-state index in [1.54, 1.807) is 42.5 Å². The van der Waals surface area contributed by atoms with Gasteiger partial charge in [0.05, 0.1) is 24.0 Å². The number of hydrogen-bond acceptors (Lipinski definition) is 5. The van der Waals surface area contributed by atoms with Crippen molar-refractivity contribution in [3.8, 4) is 17.1 Å². The predicted octanol–water partition coefficient (Wildman–Crippen LogP) is 3.59. The van der Waals surface area contributed by atoms with E-state index in [1.165, 1.54) is 24.9 Å². The summed E-state index contributed by atoms with van der Waals surface area (Å²) in [5.41, 5.74) is 0.852. The van der Waals surface area contributed by atoms with Gasteiger partial charge in [-0.1, -0.05) is 36.0 Å². The third kappa shape index (κ3) is 3.46. The molecule has 0 atom stereocenters. The normalized spacial score (nSPS) is 10.6. The molecule has 0 amide bonds. The smallest absolute Gasteiger partial charge is 0.209 e. The lowest BCUT2D eigenvalue weighted by atomic mass is 10.1. The van der Waals surface area contributed by atoms with E-state index in [9.17, 15) is 9.18 Å². The number of nitrogens with one attached hydrogen (secondary N) is 1. The molecular weight excluding hydrogens is 329 g/mol. The number of aromatic amines is 1. The lowest BCUT2D eigenvalue weighted by Gasteiger charge is -2.05. The van der Waals surface area contributed by atoms with Gasteiger partial charge in [0, 0.05) is 0 Å². The van der Waals surface area contributed by atoms with E-state index >= 15 is 0 Å². The molecular formula is C17H14FN3O2S. The van der Waals surface area contributed by atoms with Crippen LogP contribution in [0.1, 0.15) is 10.4 Å². The van der Waals surface area contributed by atoms with Gasteiger partial charge in [0.15, 0.2) is 11.6 Å². The van der Waals surface area contributed by atoms with E-state index in [0.717, 1.165) is 0 Å². The highest BCUT2D eigenvalue weighted by molar-refractivity contribution is 7.99. The highest BCUT2D eigenvalue weighted by atomic mass is 32.2. The summed E-state index contributed by atoms with van der Waals surface area (Å²) in [5, 5.41) is 7.10. The quantitative estimate of drug-likeness (QED) is 0.547. The zero-order chi connectivity index (χ0) is 16.9. The summed E-state index contributed by atoms with van der Waals surface area (Å²) in [6.07, 6.45) is 0. The summed E-state index contributed by atoms with van der Waals surface area (Å²) in [6, 6.07) is 13.3. The van der Waals surface area contributed by atoms with Crippen LogP contribution in [-0.4, -0.2) is 33.8 Å². The van der Waals surface area contributed by atoms with Crippen LogP contribution in [-0.2, 0) is 0 Å². The van der Waals surface area contributed by atoms with E-state index in [0.29, 0.717) is 27.9 Å². The summed E-state index contributed by atoms with van der Waals surface area (Å²) in [7, 11) is 1.52. The minimum Gasteiger partial charge on any atom is -0.496 e. The SMILES string of the molecule is COc1ccccc1C(=O)CSc1n[nH]c(-c2ccccc2F)n1. The largest absolute Gasteiger partial charge is 0.496 e. The van der Waals surface area contributed by atoms with Gasteiger partial charge in [-0.3, -0.25) is 9.89 Å². The molecule has 0 spiro atoms. The highest BCUT2D eigenvalue weighted by Gasteiger charge is 2.14. The second-order valence-corrected chi connectivity index (χ2v) is 5.80. The fourth-order valence-corrected chi connectivity index (χ4v) is 2.85. The van der Waals surface area contributed by atoms with Gasteiger partial charge in [-0.25, -0.2) is 9.37 Å². The van der Waals surface area contributed by atoms with E-state index < -0.39 is 0 Å². The van der Waals surface area contributed by atoms with Crippen molar-refractivity contribution in [2.45, 2.75) is 5.16 Å². The van der Waals surface area contributed by atoms with E-state index in [4.69, 9.17) is 4.74 Å². The summed E-state index contributed by atoms with van der Waals surface area (Å²) in [5.74, 6) is 0.560. The van der Waals surface area contributed by atoms with Gasteiger partial charge in [-0.05, 0) is 24.3 Å². The Morgan fingerprint density at radius 3 is 2.75 bits per heavy atom. The molecule has 0 fully saturated rings. The molecule has 0 saturated carbocycles. The topological polar surface area (TPSA) is 67.9 Å². The van der Waals surface area contributed by atoms with Crippen molar-refractivity contribution < 1.29 is 13.9 Å². The zero-order valence-corrected chi connectivity index (χ0v) is 13.6. The Morgan fingerprint density at radius 2 is 1.96 bits per heavy atom. The maximum Gasteiger partial charge on any atom is 0.209 e. The van der Waals surface area contributed by atoms with Crippen LogP contribution in [0.15, 0.2) is 53.7 Å². The number of nitrogens with zero attached hydrogens (tertiary/aromatic N) is 2. The Morgan fingerprint density at radius 1 is 1.21 bits per heavy atom. The maximum absolute atomic E-state index is 13.7. The first kappa shape index (κ1) is 16.2. The molecule has 1 aromatic heterocycles. The lowest BCUT2D eigenvalue weighted by molar-refractivity contribution is 0.101. The molecule has 2 aromatic carbocycles. The van der Waals surface area contributed by atoms with E-state index in [2.05, 4.69) is 15.2 Å². The fraction of sp³-hybridized carbons (Fsp3) is 0.118. The zero-order valence-electron chi connectivity index (χ0n) is 12.8. The van der Waals surface area contributed by atoms with Gasteiger partial charge in [0.25, 0.3) is 0 Å². The molecule has 0 saturated heterocycles. The lowest BCUT2D eigenvalue weighted by Crippen LogP contribution is -2.05. The molecule has 0 unspecified atom stereocenters. The van der Waals surface area contributed by atoms with Crippen LogP contribution in [0.2, 0.25) is 0 Å². The van der Waals surface area contributed by atoms with Gasteiger partial charge in [-0.2, -0.15) is 0 Å². The van der Waals surface area contributed by atoms with Crippen LogP contribution >= 0.6 is 11.8 Å². The Kier molecular flexibility index (Phi) is 4.90. The van der Waals surface area contributed by atoms with Gasteiger partial charge in [-0.15, -0.1) is 5.10 Å². The summed E-state index contributed by atoms with van der Waals surface area (Å²) >= 11 is 1.18. The number of para-hydroxylation sites is 1. The number of hydrogen-bond donors (Lipinski definition) is 1. The third-order valence-electron chi connectivity index (χ3n) is 3.33. The first-order valence-corrected chi connectivity index (χ1v) is 8.14. The minimum atomic E-state index is -0.379. The summed E-state index contributed by atoms with van der Waals surface area (Å²) < 4.78 is 18.9. The number of rotatable bonds is 6. The van der Waals surface area contributed by atoms with Crippen molar-refractivity contribution in [2.24, 2.45) is 0 Å². The average molecular weight is 343 g/mol. The number of ether oxygens (including phenoxy) is 1. The van der Waals surface area contributed by atoms with Crippen molar-refractivity contribution in [3.63, 3.8) is 0 Å². The molecule has 0 bridgehead atoms. The number of ketones is 1. The molecule has 24 heavy (non-hydrogen) atoms. The summed E-state index contributed by atoms with van der Waals surface area (Å²) in [6.45, 7) is 0. The van der Waals surface area contributed by atoms with Crippen molar-refractivity contribution >= 4 is 17.5 Å². The van der Waals surface area contributed by atoms with Crippen LogP contribution in [0.5, 0.6) is 5.75 Å². The molecule has 1 N–H and O–H groups in total. The van der Waals surface area contributed by atoms with Gasteiger partial charge < -0.3 is 4.74 Å². The van der Waals surface area contributed by atoms with Crippen LogP contribution in [0.3, 0.4) is 0 Å². The molecule has 0 aliphatic rings. The standard InChI is InChI=1S/C17H14FN3O2S/c1-23-15-9-5-3-7-12(15)14(22)10-24-17-19-16(20-21-17)11-6-2-4-8-13(11)18/h2-9H,10H2,1H3,(H,19,20,21). The number of benzene rings is 2. The second-order valence-electron chi connectivity index (χ2n) is 4.86. The number of aromatic nitrogens is 3. The monoisotopic (exact) mass is 343 g/mol. The summed E-state index contributed by atoms with van der Waals surface area (Å²) in [4.78, 5) is 16.5. The van der Waals surface area contributed by atoms with Crippen LogP contribution < -0.4 is 4.74 Å². The van der Waals surface area contributed by atoms with Crippen LogP contribution in [0.25, 0.3) is 11.4 Å².